The number of likely N-dealkylation sites (tertiary alicyclic amines) is 2. The Morgan fingerprint density at radius 1 is 0.892 bits per heavy atom. The Kier molecular flexibility index (Phi) is 10.5. The highest BCUT2D eigenvalue weighted by atomic mass is 16.5. The van der Waals surface area contributed by atoms with Crippen LogP contribution in [0, 0.1) is 34.5 Å². The Labute approximate surface area is 223 Å². The van der Waals surface area contributed by atoms with E-state index in [1.165, 1.54) is 9.80 Å². The van der Waals surface area contributed by atoms with Crippen molar-refractivity contribution in [3.05, 3.63) is 0 Å². The van der Waals surface area contributed by atoms with Crippen LogP contribution in [0.15, 0.2) is 0 Å². The van der Waals surface area contributed by atoms with Gasteiger partial charge in [0.05, 0.1) is 43.6 Å². The lowest BCUT2D eigenvalue weighted by atomic mass is 9.64. The van der Waals surface area contributed by atoms with Crippen molar-refractivity contribution in [1.29, 1.82) is 0 Å². The van der Waals surface area contributed by atoms with E-state index in [0.717, 1.165) is 0 Å². The number of ether oxygens (including phenoxy) is 2. The van der Waals surface area contributed by atoms with Gasteiger partial charge in [-0.05, 0) is 44.7 Å². The highest BCUT2D eigenvalue weighted by Gasteiger charge is 2.57. The van der Waals surface area contributed by atoms with Gasteiger partial charge >= 0.3 is 0 Å². The third-order valence-corrected chi connectivity index (χ3v) is 7.73. The molecule has 2 fully saturated rings. The smallest absolute Gasteiger partial charge is 0.233 e. The van der Waals surface area contributed by atoms with Gasteiger partial charge in [0.15, 0.2) is 0 Å². The molecule has 2 saturated heterocycles. The number of amides is 4. The summed E-state index contributed by atoms with van der Waals surface area (Å²) in [5.74, 6) is -2.73. The van der Waals surface area contributed by atoms with Crippen molar-refractivity contribution in [3.63, 3.8) is 0 Å². The molecule has 0 saturated carbocycles. The van der Waals surface area contributed by atoms with Crippen LogP contribution in [-0.2, 0) is 28.7 Å². The van der Waals surface area contributed by atoms with Crippen LogP contribution in [0.2, 0.25) is 0 Å². The van der Waals surface area contributed by atoms with E-state index in [9.17, 15) is 19.2 Å². The van der Waals surface area contributed by atoms with Gasteiger partial charge in [-0.25, -0.2) is 0 Å². The van der Waals surface area contributed by atoms with Gasteiger partial charge in [-0.1, -0.05) is 41.5 Å². The van der Waals surface area contributed by atoms with Crippen molar-refractivity contribution >= 4 is 23.6 Å². The average Bonchev–Trinajstić information content (AvgIpc) is 3.12. The van der Waals surface area contributed by atoms with Gasteiger partial charge in [-0.2, -0.15) is 0 Å². The summed E-state index contributed by atoms with van der Waals surface area (Å²) in [5.41, 5.74) is -0.834. The van der Waals surface area contributed by atoms with Crippen molar-refractivity contribution in [2.75, 3.05) is 54.1 Å². The fourth-order valence-corrected chi connectivity index (χ4v) is 5.82. The topological polar surface area (TPSA) is 96.5 Å². The Bertz CT molecular complexity index is 849. The predicted octanol–water partition coefficient (Wildman–Crippen LogP) is 2.67. The lowest BCUT2D eigenvalue weighted by molar-refractivity contribution is -0.145. The van der Waals surface area contributed by atoms with Crippen LogP contribution in [0.3, 0.4) is 0 Å². The monoisotopic (exact) mass is 523 g/mol. The van der Waals surface area contributed by atoms with Gasteiger partial charge in [0.25, 0.3) is 0 Å². The normalized spacial score (nSPS) is 26.2. The van der Waals surface area contributed by atoms with E-state index in [2.05, 4.69) is 20.8 Å². The molecule has 0 aromatic carbocycles. The van der Waals surface area contributed by atoms with E-state index in [1.807, 2.05) is 39.8 Å². The summed E-state index contributed by atoms with van der Waals surface area (Å²) in [6.45, 7) is 15.8. The molecule has 9 heteroatoms. The molecule has 0 radical (unpaired) electrons. The molecule has 9 nitrogen and oxygen atoms in total. The minimum atomic E-state index is -0.666. The quantitative estimate of drug-likeness (QED) is 0.270. The number of likely N-dealkylation sites (N-methyl/N-ethyl adjacent to an activating group) is 1. The summed E-state index contributed by atoms with van der Waals surface area (Å²) >= 11 is 0. The molecule has 0 aromatic rings. The van der Waals surface area contributed by atoms with E-state index in [0.29, 0.717) is 39.1 Å². The number of imide groups is 2. The van der Waals surface area contributed by atoms with Gasteiger partial charge in [0.1, 0.15) is 0 Å². The molecule has 37 heavy (non-hydrogen) atoms. The SMILES string of the molecule is COCCOCC(C)N1C(=O)C(CC(C)(C)C)C(C(C)(C)CC2C(=O)N(CCN(C)C)C(=O)C2C)C1=O. The fraction of sp³-hybridized carbons (Fsp3) is 0.857. The zero-order valence-electron chi connectivity index (χ0n) is 24.6. The van der Waals surface area contributed by atoms with Crippen molar-refractivity contribution in [1.82, 2.24) is 14.7 Å². The Balaban J connectivity index is 2.30. The van der Waals surface area contributed by atoms with Crippen LogP contribution in [-0.4, -0.2) is 98.5 Å². The van der Waals surface area contributed by atoms with Gasteiger partial charge in [0, 0.05) is 26.1 Å². The molecule has 5 atom stereocenters. The van der Waals surface area contributed by atoms with Crippen LogP contribution in [0.25, 0.3) is 0 Å². The fourth-order valence-electron chi connectivity index (χ4n) is 5.82. The molecule has 0 spiro atoms. The van der Waals surface area contributed by atoms with Crippen LogP contribution in [0.1, 0.15) is 61.3 Å². The minimum Gasteiger partial charge on any atom is -0.382 e. The summed E-state index contributed by atoms with van der Waals surface area (Å²) in [4.78, 5) is 58.5. The molecule has 212 valence electrons. The number of carbonyl (C=O) groups is 4. The maximum absolute atomic E-state index is 13.9. The molecule has 4 amide bonds. The molecular weight excluding hydrogens is 474 g/mol. The average molecular weight is 524 g/mol. The Morgan fingerprint density at radius 2 is 1.51 bits per heavy atom. The molecule has 5 unspecified atom stereocenters. The largest absolute Gasteiger partial charge is 0.382 e. The number of nitrogens with zero attached hydrogens (tertiary/aromatic N) is 3. The second kappa shape index (κ2) is 12.3. The summed E-state index contributed by atoms with van der Waals surface area (Å²) in [5, 5.41) is 0. The highest BCUT2D eigenvalue weighted by Crippen LogP contribution is 2.49. The molecule has 0 aromatic heterocycles. The minimum absolute atomic E-state index is 0.156. The second-order valence-electron chi connectivity index (χ2n) is 13.0. The number of hydrogen-bond acceptors (Lipinski definition) is 7. The van der Waals surface area contributed by atoms with Crippen LogP contribution >= 0.6 is 0 Å². The maximum atomic E-state index is 13.9. The van der Waals surface area contributed by atoms with Crippen molar-refractivity contribution in [2.45, 2.75) is 67.3 Å². The molecule has 2 aliphatic rings. The number of methoxy groups -OCH3 is 1. The highest BCUT2D eigenvalue weighted by molar-refractivity contribution is 6.06. The molecule has 2 rings (SSSR count). The summed E-state index contributed by atoms with van der Waals surface area (Å²) < 4.78 is 10.7. The van der Waals surface area contributed by atoms with E-state index in [-0.39, 0.29) is 35.7 Å². The van der Waals surface area contributed by atoms with Gasteiger partial charge < -0.3 is 14.4 Å². The number of rotatable bonds is 13. The van der Waals surface area contributed by atoms with Crippen LogP contribution < -0.4 is 0 Å². The van der Waals surface area contributed by atoms with E-state index in [1.54, 1.807) is 14.0 Å². The first-order valence-electron chi connectivity index (χ1n) is 13.5. The zero-order chi connectivity index (χ0) is 28.3. The number of hydrogen-bond donors (Lipinski definition) is 0. The van der Waals surface area contributed by atoms with E-state index >= 15 is 0 Å². The Hall–Kier alpha value is -1.84. The third-order valence-electron chi connectivity index (χ3n) is 7.73. The predicted molar refractivity (Wildman–Crippen MR) is 141 cm³/mol. The van der Waals surface area contributed by atoms with E-state index in [4.69, 9.17) is 9.47 Å². The van der Waals surface area contributed by atoms with Crippen molar-refractivity contribution in [2.24, 2.45) is 34.5 Å². The first kappa shape index (κ1) is 31.4. The second-order valence-corrected chi connectivity index (χ2v) is 13.0. The van der Waals surface area contributed by atoms with Gasteiger partial charge in [0.2, 0.25) is 23.6 Å². The van der Waals surface area contributed by atoms with Gasteiger partial charge in [-0.3, -0.25) is 29.0 Å². The summed E-state index contributed by atoms with van der Waals surface area (Å²) in [6, 6.07) is -0.407. The first-order valence-corrected chi connectivity index (χ1v) is 13.5. The zero-order valence-corrected chi connectivity index (χ0v) is 24.6. The molecule has 2 aliphatic heterocycles. The van der Waals surface area contributed by atoms with Crippen molar-refractivity contribution in [3.8, 4) is 0 Å². The molecular formula is C28H49N3O6. The van der Waals surface area contributed by atoms with E-state index < -0.39 is 35.1 Å². The summed E-state index contributed by atoms with van der Waals surface area (Å²) in [7, 11) is 5.40. The van der Waals surface area contributed by atoms with Crippen LogP contribution in [0.5, 0.6) is 0 Å². The molecule has 0 bridgehead atoms. The third kappa shape index (κ3) is 7.39. The lowest BCUT2D eigenvalue weighted by Crippen LogP contribution is -2.43. The standard InChI is InChI=1S/C28H49N3O6/c1-18(17-37-14-13-36-10)31-25(34)21(15-27(3,4)5)22(26(31)35)28(6,7)16-20-19(2)23(32)30(24(20)33)12-11-29(8)9/h18-22H,11-17H2,1-10H3. The molecule has 2 heterocycles. The van der Waals surface area contributed by atoms with Gasteiger partial charge in [-0.15, -0.1) is 0 Å². The molecule has 0 N–H and O–H groups in total. The molecule has 0 aliphatic carbocycles. The first-order chi connectivity index (χ1) is 17.0. The van der Waals surface area contributed by atoms with Crippen molar-refractivity contribution < 1.29 is 28.7 Å². The summed E-state index contributed by atoms with van der Waals surface area (Å²) in [6.07, 6.45) is 0.926. The number of carbonyl (C=O) groups excluding carboxylic acids is 4. The maximum Gasteiger partial charge on any atom is 0.233 e. The Morgan fingerprint density at radius 3 is 2.05 bits per heavy atom. The lowest BCUT2D eigenvalue weighted by Gasteiger charge is -2.37. The van der Waals surface area contributed by atoms with Crippen LogP contribution in [0.4, 0.5) is 0 Å².